The molecular weight excluding hydrogens is 271 g/mol. The third-order valence-electron chi connectivity index (χ3n) is 3.83. The molecule has 1 aliphatic carbocycles. The van der Waals surface area contributed by atoms with E-state index in [1.807, 2.05) is 19.1 Å². The Hall–Kier alpha value is -0.770. The molecule has 2 N–H and O–H groups in total. The van der Waals surface area contributed by atoms with Crippen LogP contribution in [0.1, 0.15) is 15.9 Å². The van der Waals surface area contributed by atoms with E-state index in [4.69, 9.17) is 11.6 Å². The van der Waals surface area contributed by atoms with Gasteiger partial charge >= 0.3 is 0 Å². The van der Waals surface area contributed by atoms with E-state index in [0.29, 0.717) is 28.5 Å². The molecule has 1 aromatic carbocycles. The SMILES string of the molecule is Cc1cccc(C(=O)NC2C3CNCC32)c1Cl.Cl. The van der Waals surface area contributed by atoms with E-state index in [-0.39, 0.29) is 18.3 Å². The van der Waals surface area contributed by atoms with Crippen molar-refractivity contribution in [1.29, 1.82) is 0 Å². The lowest BCUT2D eigenvalue weighted by molar-refractivity contribution is 0.0946. The zero-order valence-electron chi connectivity index (χ0n) is 10.1. The van der Waals surface area contributed by atoms with Crippen LogP contribution in [0.4, 0.5) is 0 Å². The van der Waals surface area contributed by atoms with Gasteiger partial charge < -0.3 is 10.6 Å². The summed E-state index contributed by atoms with van der Waals surface area (Å²) in [5.74, 6) is 1.21. The molecule has 3 rings (SSSR count). The summed E-state index contributed by atoms with van der Waals surface area (Å²) < 4.78 is 0. The van der Waals surface area contributed by atoms with Crippen molar-refractivity contribution >= 4 is 29.9 Å². The first-order valence-corrected chi connectivity index (χ1v) is 6.33. The number of rotatable bonds is 2. The Kier molecular flexibility index (Phi) is 3.85. The van der Waals surface area contributed by atoms with E-state index in [1.54, 1.807) is 6.07 Å². The molecule has 2 aliphatic rings. The number of aryl methyl sites for hydroxylation is 1. The second kappa shape index (κ2) is 5.08. The van der Waals surface area contributed by atoms with Crippen molar-refractivity contribution in [3.8, 4) is 0 Å². The Balaban J connectivity index is 0.00000120. The Bertz CT molecular complexity index is 468. The summed E-state index contributed by atoms with van der Waals surface area (Å²) in [6.45, 7) is 3.96. The Labute approximate surface area is 118 Å². The normalized spacial score (nSPS) is 28.2. The summed E-state index contributed by atoms with van der Waals surface area (Å²) in [5.41, 5.74) is 1.53. The van der Waals surface area contributed by atoms with Gasteiger partial charge in [-0.1, -0.05) is 23.7 Å². The predicted molar refractivity (Wildman–Crippen MR) is 74.5 cm³/mol. The van der Waals surface area contributed by atoms with Crippen molar-refractivity contribution in [1.82, 2.24) is 10.6 Å². The quantitative estimate of drug-likeness (QED) is 0.873. The minimum absolute atomic E-state index is 0. The molecule has 1 saturated heterocycles. The van der Waals surface area contributed by atoms with Gasteiger partial charge in [-0.15, -0.1) is 12.4 Å². The Morgan fingerprint density at radius 1 is 1.39 bits per heavy atom. The maximum Gasteiger partial charge on any atom is 0.253 e. The Morgan fingerprint density at radius 2 is 2.06 bits per heavy atom. The minimum Gasteiger partial charge on any atom is -0.349 e. The largest absolute Gasteiger partial charge is 0.349 e. The minimum atomic E-state index is -0.0434. The topological polar surface area (TPSA) is 41.1 Å². The molecule has 5 heteroatoms. The molecule has 1 aromatic rings. The number of halogens is 2. The molecule has 1 heterocycles. The fourth-order valence-corrected chi connectivity index (χ4v) is 2.90. The van der Waals surface area contributed by atoms with Crippen LogP contribution in [0.25, 0.3) is 0 Å². The second-order valence-electron chi connectivity index (χ2n) is 4.92. The van der Waals surface area contributed by atoms with Crippen LogP contribution in [0, 0.1) is 18.8 Å². The summed E-state index contributed by atoms with van der Waals surface area (Å²) in [4.78, 5) is 12.1. The van der Waals surface area contributed by atoms with Crippen LogP contribution in [0.5, 0.6) is 0 Å². The van der Waals surface area contributed by atoms with E-state index in [9.17, 15) is 4.79 Å². The van der Waals surface area contributed by atoms with Crippen LogP contribution in [-0.2, 0) is 0 Å². The van der Waals surface area contributed by atoms with Gasteiger partial charge in [0.15, 0.2) is 0 Å². The zero-order chi connectivity index (χ0) is 12.0. The molecule has 2 fully saturated rings. The van der Waals surface area contributed by atoms with E-state index in [0.717, 1.165) is 18.7 Å². The molecule has 0 bridgehead atoms. The van der Waals surface area contributed by atoms with Gasteiger partial charge in [0.1, 0.15) is 0 Å². The van der Waals surface area contributed by atoms with Crippen molar-refractivity contribution in [3.63, 3.8) is 0 Å². The van der Waals surface area contributed by atoms with Gasteiger partial charge in [0.05, 0.1) is 10.6 Å². The highest BCUT2D eigenvalue weighted by atomic mass is 35.5. The van der Waals surface area contributed by atoms with Crippen LogP contribution in [-0.4, -0.2) is 25.0 Å². The molecule has 2 atom stereocenters. The van der Waals surface area contributed by atoms with Gasteiger partial charge in [0, 0.05) is 19.1 Å². The molecule has 98 valence electrons. The summed E-state index contributed by atoms with van der Waals surface area (Å²) in [5, 5.41) is 6.95. The van der Waals surface area contributed by atoms with Crippen LogP contribution in [0.2, 0.25) is 5.02 Å². The number of hydrogen-bond donors (Lipinski definition) is 2. The van der Waals surface area contributed by atoms with E-state index < -0.39 is 0 Å². The smallest absolute Gasteiger partial charge is 0.253 e. The van der Waals surface area contributed by atoms with Crippen LogP contribution >= 0.6 is 24.0 Å². The molecule has 0 aromatic heterocycles. The number of piperidine rings is 1. The van der Waals surface area contributed by atoms with Crippen molar-refractivity contribution < 1.29 is 4.79 Å². The number of amides is 1. The van der Waals surface area contributed by atoms with E-state index >= 15 is 0 Å². The third kappa shape index (κ3) is 2.22. The predicted octanol–water partition coefficient (Wildman–Crippen LogP) is 2.02. The van der Waals surface area contributed by atoms with Gasteiger partial charge in [-0.05, 0) is 30.4 Å². The first-order valence-electron chi connectivity index (χ1n) is 5.95. The maximum atomic E-state index is 12.1. The Morgan fingerprint density at radius 3 is 2.72 bits per heavy atom. The molecule has 1 aliphatic heterocycles. The molecule has 18 heavy (non-hydrogen) atoms. The van der Waals surface area contributed by atoms with Gasteiger partial charge in [0.2, 0.25) is 0 Å². The average Bonchev–Trinajstić information content (AvgIpc) is 2.76. The number of carbonyl (C=O) groups excluding carboxylic acids is 1. The first-order chi connectivity index (χ1) is 8.18. The van der Waals surface area contributed by atoms with Crippen molar-refractivity contribution in [2.75, 3.05) is 13.1 Å². The van der Waals surface area contributed by atoms with Crippen molar-refractivity contribution in [2.45, 2.75) is 13.0 Å². The average molecular weight is 287 g/mol. The fraction of sp³-hybridized carbons (Fsp3) is 0.462. The van der Waals surface area contributed by atoms with E-state index in [1.165, 1.54) is 0 Å². The molecule has 3 nitrogen and oxygen atoms in total. The summed E-state index contributed by atoms with van der Waals surface area (Å²) >= 11 is 6.14. The number of nitrogens with one attached hydrogen (secondary N) is 2. The van der Waals surface area contributed by atoms with E-state index in [2.05, 4.69) is 10.6 Å². The molecule has 1 amide bonds. The monoisotopic (exact) mass is 286 g/mol. The van der Waals surface area contributed by atoms with Gasteiger partial charge in [-0.2, -0.15) is 0 Å². The lowest BCUT2D eigenvalue weighted by Crippen LogP contribution is -2.32. The summed E-state index contributed by atoms with van der Waals surface area (Å²) in [6, 6.07) is 5.90. The van der Waals surface area contributed by atoms with Crippen molar-refractivity contribution in [2.24, 2.45) is 11.8 Å². The number of carbonyl (C=O) groups is 1. The molecular formula is C13H16Cl2N2O. The highest BCUT2D eigenvalue weighted by Crippen LogP contribution is 2.41. The second-order valence-corrected chi connectivity index (χ2v) is 5.30. The summed E-state index contributed by atoms with van der Waals surface area (Å²) in [7, 11) is 0. The van der Waals surface area contributed by atoms with Crippen molar-refractivity contribution in [3.05, 3.63) is 34.3 Å². The van der Waals surface area contributed by atoms with Crippen LogP contribution < -0.4 is 10.6 Å². The highest BCUT2D eigenvalue weighted by Gasteiger charge is 2.53. The maximum absolute atomic E-state index is 12.1. The lowest BCUT2D eigenvalue weighted by atomic mass is 10.1. The molecule has 2 unspecified atom stereocenters. The zero-order valence-corrected chi connectivity index (χ0v) is 11.6. The highest BCUT2D eigenvalue weighted by molar-refractivity contribution is 6.34. The number of benzene rings is 1. The van der Waals surface area contributed by atoms with Gasteiger partial charge in [0.25, 0.3) is 5.91 Å². The van der Waals surface area contributed by atoms with Crippen LogP contribution in [0.3, 0.4) is 0 Å². The van der Waals surface area contributed by atoms with Gasteiger partial charge in [-0.3, -0.25) is 4.79 Å². The first kappa shape index (κ1) is 13.7. The number of fused-ring (bicyclic) bond motifs is 1. The standard InChI is InChI=1S/C13H15ClN2O.ClH/c1-7-3-2-4-8(11(7)14)13(17)16-12-9-5-15-6-10(9)12;/h2-4,9-10,12,15H,5-6H2,1H3,(H,16,17);1H. The lowest BCUT2D eigenvalue weighted by Gasteiger charge is -2.09. The molecule has 1 saturated carbocycles. The fourth-order valence-electron chi connectivity index (χ4n) is 2.68. The molecule has 0 radical (unpaired) electrons. The number of hydrogen-bond acceptors (Lipinski definition) is 2. The third-order valence-corrected chi connectivity index (χ3v) is 4.33. The van der Waals surface area contributed by atoms with Crippen LogP contribution in [0.15, 0.2) is 18.2 Å². The van der Waals surface area contributed by atoms with Gasteiger partial charge in [-0.25, -0.2) is 0 Å². The summed E-state index contributed by atoms with van der Waals surface area (Å²) in [6.07, 6.45) is 0. The molecule has 0 spiro atoms.